The zero-order chi connectivity index (χ0) is 11.7. The molecule has 1 heterocycles. The average Bonchev–Trinajstić information content (AvgIpc) is 2.21. The van der Waals surface area contributed by atoms with Crippen LogP contribution < -0.4 is 5.32 Å². The number of nitrogens with one attached hydrogen (secondary N) is 1. The molecule has 1 fully saturated rings. The van der Waals surface area contributed by atoms with Crippen LogP contribution in [0.3, 0.4) is 0 Å². The molecule has 1 rings (SSSR count). The van der Waals surface area contributed by atoms with Crippen molar-refractivity contribution in [2.24, 2.45) is 0 Å². The van der Waals surface area contributed by atoms with Gasteiger partial charge < -0.3 is 5.32 Å². The van der Waals surface area contributed by atoms with Gasteiger partial charge in [0, 0.05) is 30.2 Å². The molecule has 0 spiro atoms. The van der Waals surface area contributed by atoms with Gasteiger partial charge in [-0.25, -0.2) is 0 Å². The third-order valence-electron chi connectivity index (χ3n) is 4.09. The van der Waals surface area contributed by atoms with Crippen molar-refractivity contribution < 1.29 is 0 Å². The Labute approximate surface area is 95.4 Å². The van der Waals surface area contributed by atoms with Gasteiger partial charge in [0.1, 0.15) is 0 Å². The van der Waals surface area contributed by atoms with Crippen LogP contribution in [0, 0.1) is 0 Å². The van der Waals surface area contributed by atoms with E-state index in [1.165, 1.54) is 12.8 Å². The summed E-state index contributed by atoms with van der Waals surface area (Å²) in [7, 11) is 0. The fourth-order valence-corrected chi connectivity index (χ4v) is 2.44. The Bertz CT molecular complexity index is 213. The minimum atomic E-state index is 0.262. The van der Waals surface area contributed by atoms with Crippen LogP contribution in [-0.4, -0.2) is 35.1 Å². The maximum atomic E-state index is 3.67. The van der Waals surface area contributed by atoms with Gasteiger partial charge in [0.2, 0.25) is 0 Å². The topological polar surface area (TPSA) is 15.3 Å². The molecule has 0 aromatic carbocycles. The van der Waals surface area contributed by atoms with Gasteiger partial charge in [-0.05, 0) is 40.5 Å². The van der Waals surface area contributed by atoms with E-state index in [2.05, 4.69) is 51.8 Å². The van der Waals surface area contributed by atoms with Gasteiger partial charge in [-0.3, -0.25) is 4.90 Å². The molecule has 1 aliphatic heterocycles. The molecule has 1 saturated heterocycles. The zero-order valence-electron chi connectivity index (χ0n) is 11.4. The van der Waals surface area contributed by atoms with Crippen molar-refractivity contribution in [3.63, 3.8) is 0 Å². The van der Waals surface area contributed by atoms with Crippen LogP contribution >= 0.6 is 0 Å². The van der Waals surface area contributed by atoms with Gasteiger partial charge >= 0.3 is 0 Å². The van der Waals surface area contributed by atoms with Crippen molar-refractivity contribution in [1.82, 2.24) is 10.2 Å². The standard InChI is InChI=1S/C13H28N2/c1-7-11(3)15-10-12(4,5)14-9-13(15,6)8-2/h11,14H,7-10H2,1-6H3. The highest BCUT2D eigenvalue weighted by molar-refractivity contribution is 5.00. The highest BCUT2D eigenvalue weighted by Crippen LogP contribution is 2.29. The minimum Gasteiger partial charge on any atom is -0.309 e. The summed E-state index contributed by atoms with van der Waals surface area (Å²) in [6, 6.07) is 0.691. The van der Waals surface area contributed by atoms with Crippen LogP contribution in [-0.2, 0) is 0 Å². The Morgan fingerprint density at radius 1 is 1.27 bits per heavy atom. The molecule has 0 aromatic rings. The first-order valence-corrected chi connectivity index (χ1v) is 6.36. The Morgan fingerprint density at radius 3 is 2.33 bits per heavy atom. The molecule has 1 N–H and O–H groups in total. The monoisotopic (exact) mass is 212 g/mol. The van der Waals surface area contributed by atoms with E-state index >= 15 is 0 Å². The third-order valence-corrected chi connectivity index (χ3v) is 4.09. The highest BCUT2D eigenvalue weighted by Gasteiger charge is 2.41. The Hall–Kier alpha value is -0.0800. The number of rotatable bonds is 3. The fourth-order valence-electron chi connectivity index (χ4n) is 2.44. The first-order chi connectivity index (χ1) is 6.84. The Kier molecular flexibility index (Phi) is 3.83. The number of nitrogens with zero attached hydrogens (tertiary/aromatic N) is 1. The van der Waals surface area contributed by atoms with E-state index in [0.717, 1.165) is 13.1 Å². The summed E-state index contributed by atoms with van der Waals surface area (Å²) in [6.45, 7) is 16.2. The lowest BCUT2D eigenvalue weighted by Gasteiger charge is -2.53. The first kappa shape index (κ1) is 13.0. The normalized spacial score (nSPS) is 34.0. The van der Waals surface area contributed by atoms with Crippen LogP contribution in [0.15, 0.2) is 0 Å². The van der Waals surface area contributed by atoms with Gasteiger partial charge in [0.15, 0.2) is 0 Å². The van der Waals surface area contributed by atoms with Crippen molar-refractivity contribution >= 4 is 0 Å². The summed E-state index contributed by atoms with van der Waals surface area (Å²) in [5.41, 5.74) is 0.600. The van der Waals surface area contributed by atoms with E-state index in [9.17, 15) is 0 Å². The van der Waals surface area contributed by atoms with E-state index in [0.29, 0.717) is 11.6 Å². The van der Waals surface area contributed by atoms with E-state index in [1.807, 2.05) is 0 Å². The lowest BCUT2D eigenvalue weighted by atomic mass is 9.86. The van der Waals surface area contributed by atoms with E-state index in [1.54, 1.807) is 0 Å². The van der Waals surface area contributed by atoms with Crippen molar-refractivity contribution in [1.29, 1.82) is 0 Å². The van der Waals surface area contributed by atoms with Gasteiger partial charge in [0.05, 0.1) is 0 Å². The molecule has 0 aliphatic carbocycles. The summed E-state index contributed by atoms with van der Waals surface area (Å²) in [5, 5.41) is 3.67. The second-order valence-corrected chi connectivity index (χ2v) is 5.97. The Balaban J connectivity index is 2.83. The molecular weight excluding hydrogens is 184 g/mol. The van der Waals surface area contributed by atoms with E-state index in [4.69, 9.17) is 0 Å². The van der Waals surface area contributed by atoms with E-state index < -0.39 is 0 Å². The molecule has 2 unspecified atom stereocenters. The molecule has 2 atom stereocenters. The van der Waals surface area contributed by atoms with E-state index in [-0.39, 0.29) is 5.54 Å². The molecule has 0 radical (unpaired) electrons. The second-order valence-electron chi connectivity index (χ2n) is 5.97. The number of hydrogen-bond donors (Lipinski definition) is 1. The SMILES string of the molecule is CCC(C)N1CC(C)(C)NCC1(C)CC. The van der Waals surface area contributed by atoms with Crippen LogP contribution in [0.2, 0.25) is 0 Å². The van der Waals surface area contributed by atoms with Crippen molar-refractivity contribution in [2.75, 3.05) is 13.1 Å². The van der Waals surface area contributed by atoms with Crippen molar-refractivity contribution in [3.8, 4) is 0 Å². The van der Waals surface area contributed by atoms with Crippen molar-refractivity contribution in [3.05, 3.63) is 0 Å². The second kappa shape index (κ2) is 4.42. The third kappa shape index (κ3) is 2.73. The molecule has 1 aliphatic rings. The predicted molar refractivity (Wildman–Crippen MR) is 67.2 cm³/mol. The van der Waals surface area contributed by atoms with Crippen LogP contribution in [0.25, 0.3) is 0 Å². The lowest BCUT2D eigenvalue weighted by molar-refractivity contribution is -0.00625. The summed E-state index contributed by atoms with van der Waals surface area (Å²) in [6.07, 6.45) is 2.46. The minimum absolute atomic E-state index is 0.262. The largest absolute Gasteiger partial charge is 0.309 e. The maximum Gasteiger partial charge on any atom is 0.0306 e. The van der Waals surface area contributed by atoms with Gasteiger partial charge in [-0.15, -0.1) is 0 Å². The van der Waals surface area contributed by atoms with Crippen molar-refractivity contribution in [2.45, 2.75) is 71.5 Å². The highest BCUT2D eigenvalue weighted by atomic mass is 15.3. The molecule has 2 nitrogen and oxygen atoms in total. The number of piperazine rings is 1. The summed E-state index contributed by atoms with van der Waals surface area (Å²) in [5.74, 6) is 0. The summed E-state index contributed by atoms with van der Waals surface area (Å²) in [4.78, 5) is 2.70. The summed E-state index contributed by atoms with van der Waals surface area (Å²) >= 11 is 0. The van der Waals surface area contributed by atoms with Crippen LogP contribution in [0.5, 0.6) is 0 Å². The molecule has 0 aromatic heterocycles. The molecule has 90 valence electrons. The molecule has 0 saturated carbocycles. The quantitative estimate of drug-likeness (QED) is 0.773. The molecule has 2 heteroatoms. The zero-order valence-corrected chi connectivity index (χ0v) is 11.4. The molecule has 15 heavy (non-hydrogen) atoms. The number of hydrogen-bond acceptors (Lipinski definition) is 2. The fraction of sp³-hybridized carbons (Fsp3) is 1.00. The maximum absolute atomic E-state index is 3.67. The molecule has 0 amide bonds. The van der Waals surface area contributed by atoms with Crippen LogP contribution in [0.4, 0.5) is 0 Å². The average molecular weight is 212 g/mol. The smallest absolute Gasteiger partial charge is 0.0306 e. The summed E-state index contributed by atoms with van der Waals surface area (Å²) < 4.78 is 0. The molecular formula is C13H28N2. The predicted octanol–water partition coefficient (Wildman–Crippen LogP) is 2.64. The van der Waals surface area contributed by atoms with Gasteiger partial charge in [-0.1, -0.05) is 13.8 Å². The van der Waals surface area contributed by atoms with Gasteiger partial charge in [0.25, 0.3) is 0 Å². The first-order valence-electron chi connectivity index (χ1n) is 6.36. The van der Waals surface area contributed by atoms with Gasteiger partial charge in [-0.2, -0.15) is 0 Å². The Morgan fingerprint density at radius 2 is 1.87 bits per heavy atom. The molecule has 0 bridgehead atoms. The lowest BCUT2D eigenvalue weighted by Crippen LogP contribution is -2.68. The van der Waals surface area contributed by atoms with Crippen LogP contribution in [0.1, 0.15) is 54.4 Å².